The number of anilines is 2. The fourth-order valence-corrected chi connectivity index (χ4v) is 4.54. The van der Waals surface area contributed by atoms with Crippen molar-refractivity contribution in [3.8, 4) is 0 Å². The molecule has 1 aromatic carbocycles. The Morgan fingerprint density at radius 3 is 2.60 bits per heavy atom. The highest BCUT2D eigenvalue weighted by atomic mass is 16.3. The molecule has 1 saturated heterocycles. The highest BCUT2D eigenvalue weighted by Crippen LogP contribution is 2.36. The van der Waals surface area contributed by atoms with Gasteiger partial charge in [-0.25, -0.2) is 9.97 Å². The largest absolute Gasteiger partial charge is 0.387 e. The number of carbonyl (C=O) groups excluding carboxylic acids is 1. The van der Waals surface area contributed by atoms with Gasteiger partial charge < -0.3 is 14.9 Å². The van der Waals surface area contributed by atoms with E-state index >= 15 is 0 Å². The molecule has 2 aliphatic heterocycles. The van der Waals surface area contributed by atoms with E-state index in [1.54, 1.807) is 12.4 Å². The summed E-state index contributed by atoms with van der Waals surface area (Å²) in [6, 6.07) is 7.98. The van der Waals surface area contributed by atoms with Crippen LogP contribution in [0.2, 0.25) is 0 Å². The van der Waals surface area contributed by atoms with E-state index in [9.17, 15) is 9.90 Å². The lowest BCUT2D eigenvalue weighted by atomic mass is 9.96. The lowest BCUT2D eigenvalue weighted by Gasteiger charge is -2.35. The third-order valence-corrected chi connectivity index (χ3v) is 6.44. The zero-order valence-electron chi connectivity index (χ0n) is 17.3. The molecule has 0 radical (unpaired) electrons. The van der Waals surface area contributed by atoms with Crippen molar-refractivity contribution >= 4 is 17.5 Å². The van der Waals surface area contributed by atoms with E-state index in [2.05, 4.69) is 25.8 Å². The molecule has 1 atom stereocenters. The number of aliphatic hydroxyl groups is 1. The number of nitrogens with zero attached hydrogens (tertiary/aromatic N) is 5. The third kappa shape index (κ3) is 4.04. The number of amides is 1. The van der Waals surface area contributed by atoms with Gasteiger partial charge in [0.15, 0.2) is 0 Å². The second kappa shape index (κ2) is 8.32. The van der Waals surface area contributed by atoms with Crippen LogP contribution in [-0.4, -0.2) is 65.2 Å². The van der Waals surface area contributed by atoms with Crippen LogP contribution >= 0.6 is 0 Å². The summed E-state index contributed by atoms with van der Waals surface area (Å²) in [5, 5.41) is 10.9. The lowest BCUT2D eigenvalue weighted by Crippen LogP contribution is -2.48. The van der Waals surface area contributed by atoms with Gasteiger partial charge in [0.1, 0.15) is 0 Å². The van der Waals surface area contributed by atoms with Crippen LogP contribution in [0.25, 0.3) is 0 Å². The first-order valence-electron chi connectivity index (χ1n) is 11.1. The molecule has 1 N–H and O–H groups in total. The van der Waals surface area contributed by atoms with Crippen LogP contribution in [0.1, 0.15) is 36.5 Å². The Morgan fingerprint density at radius 2 is 1.87 bits per heavy atom. The van der Waals surface area contributed by atoms with Gasteiger partial charge in [-0.1, -0.05) is 12.1 Å². The van der Waals surface area contributed by atoms with E-state index in [1.165, 1.54) is 5.56 Å². The van der Waals surface area contributed by atoms with Gasteiger partial charge >= 0.3 is 0 Å². The van der Waals surface area contributed by atoms with Gasteiger partial charge in [-0.2, -0.15) is 0 Å². The van der Waals surface area contributed by atoms with Crippen LogP contribution in [0.3, 0.4) is 0 Å². The minimum Gasteiger partial charge on any atom is -0.387 e. The molecule has 7 nitrogen and oxygen atoms in total. The summed E-state index contributed by atoms with van der Waals surface area (Å²) in [5.41, 5.74) is 3.19. The van der Waals surface area contributed by atoms with Crippen molar-refractivity contribution in [2.75, 3.05) is 49.1 Å². The summed E-state index contributed by atoms with van der Waals surface area (Å²) >= 11 is 0. The van der Waals surface area contributed by atoms with E-state index in [0.29, 0.717) is 6.54 Å². The van der Waals surface area contributed by atoms with E-state index < -0.39 is 6.10 Å². The molecule has 1 amide bonds. The van der Waals surface area contributed by atoms with Crippen molar-refractivity contribution in [3.05, 3.63) is 47.8 Å². The van der Waals surface area contributed by atoms with Crippen LogP contribution in [0.15, 0.2) is 36.7 Å². The summed E-state index contributed by atoms with van der Waals surface area (Å²) in [6.45, 7) is 4.92. The molecule has 1 aromatic heterocycles. The fourth-order valence-electron chi connectivity index (χ4n) is 4.54. The number of hydrogen-bond acceptors (Lipinski definition) is 6. The van der Waals surface area contributed by atoms with Crippen LogP contribution in [-0.2, 0) is 11.2 Å². The number of rotatable bonds is 5. The van der Waals surface area contributed by atoms with E-state index in [1.807, 2.05) is 23.1 Å². The second-order valence-electron chi connectivity index (χ2n) is 8.61. The number of fused-ring (bicyclic) bond motifs is 1. The van der Waals surface area contributed by atoms with Crippen LogP contribution < -0.4 is 9.80 Å². The summed E-state index contributed by atoms with van der Waals surface area (Å²) in [6.07, 6.45) is 7.05. The quantitative estimate of drug-likeness (QED) is 0.818. The number of carbonyl (C=O) groups is 1. The maximum absolute atomic E-state index is 12.6. The van der Waals surface area contributed by atoms with Gasteiger partial charge in [-0.15, -0.1) is 0 Å². The Labute approximate surface area is 177 Å². The second-order valence-corrected chi connectivity index (χ2v) is 8.61. The molecule has 3 aliphatic rings. The number of benzene rings is 1. The molecule has 5 rings (SSSR count). The van der Waals surface area contributed by atoms with Crippen molar-refractivity contribution < 1.29 is 9.90 Å². The molecular formula is C23H29N5O2. The first-order chi connectivity index (χ1) is 14.7. The van der Waals surface area contributed by atoms with E-state index in [4.69, 9.17) is 0 Å². The van der Waals surface area contributed by atoms with Crippen LogP contribution in [0.4, 0.5) is 11.6 Å². The van der Waals surface area contributed by atoms with Gasteiger partial charge in [0.05, 0.1) is 6.10 Å². The molecule has 0 bridgehead atoms. The Kier molecular flexibility index (Phi) is 5.39. The van der Waals surface area contributed by atoms with Gasteiger partial charge in [0.25, 0.3) is 0 Å². The molecule has 1 aliphatic carbocycles. The number of piperazine rings is 1. The van der Waals surface area contributed by atoms with Crippen molar-refractivity contribution in [2.45, 2.75) is 31.8 Å². The summed E-state index contributed by atoms with van der Waals surface area (Å²) in [5.74, 6) is 1.29. The minimum absolute atomic E-state index is 0.237. The highest BCUT2D eigenvalue weighted by Gasteiger charge is 2.35. The van der Waals surface area contributed by atoms with Gasteiger partial charge in [0.2, 0.25) is 11.9 Å². The maximum atomic E-state index is 12.6. The zero-order valence-corrected chi connectivity index (χ0v) is 17.3. The number of β-amino-alcohol motifs (C(OH)–C–C–N with tert-alkyl or cyclic N) is 1. The first-order valence-corrected chi connectivity index (χ1v) is 11.1. The van der Waals surface area contributed by atoms with Crippen molar-refractivity contribution in [3.63, 3.8) is 0 Å². The SMILES string of the molecule is O=C(C1CC1)N1CCCc2cc(C(O)CN3CCN(c4ncccn4)CC3)ccc21. The Hall–Kier alpha value is -2.51. The van der Waals surface area contributed by atoms with Crippen molar-refractivity contribution in [1.29, 1.82) is 0 Å². The molecule has 158 valence electrons. The average Bonchev–Trinajstić information content (AvgIpc) is 3.64. The van der Waals surface area contributed by atoms with Gasteiger partial charge in [-0.3, -0.25) is 9.69 Å². The first kappa shape index (κ1) is 19.5. The zero-order chi connectivity index (χ0) is 20.5. The summed E-state index contributed by atoms with van der Waals surface area (Å²) in [7, 11) is 0. The normalized spacial score (nSPS) is 20.7. The third-order valence-electron chi connectivity index (χ3n) is 6.44. The topological polar surface area (TPSA) is 72.8 Å². The summed E-state index contributed by atoms with van der Waals surface area (Å²) in [4.78, 5) is 27.7. The fraction of sp³-hybridized carbons (Fsp3) is 0.522. The van der Waals surface area contributed by atoms with E-state index in [0.717, 1.165) is 75.6 Å². The standard InChI is InChI=1S/C23H29N5O2/c29-21(16-26-11-13-27(14-12-26)23-24-8-2-9-25-23)19-6-7-20-18(15-19)3-1-10-28(20)22(30)17-4-5-17/h2,6-9,15,17,21,29H,1,3-5,10-14,16H2. The molecule has 1 saturated carbocycles. The molecule has 1 unspecified atom stereocenters. The van der Waals surface area contributed by atoms with Crippen LogP contribution in [0, 0.1) is 5.92 Å². The van der Waals surface area contributed by atoms with E-state index in [-0.39, 0.29) is 11.8 Å². The van der Waals surface area contributed by atoms with Crippen molar-refractivity contribution in [2.24, 2.45) is 5.92 Å². The highest BCUT2D eigenvalue weighted by molar-refractivity contribution is 5.97. The Bertz CT molecular complexity index is 894. The van der Waals surface area contributed by atoms with Crippen molar-refractivity contribution in [1.82, 2.24) is 14.9 Å². The maximum Gasteiger partial charge on any atom is 0.230 e. The number of hydrogen-bond donors (Lipinski definition) is 1. The molecule has 2 aromatic rings. The minimum atomic E-state index is -0.524. The smallest absolute Gasteiger partial charge is 0.230 e. The molecule has 0 spiro atoms. The summed E-state index contributed by atoms with van der Waals surface area (Å²) < 4.78 is 0. The average molecular weight is 408 g/mol. The Morgan fingerprint density at radius 1 is 1.10 bits per heavy atom. The molecule has 30 heavy (non-hydrogen) atoms. The van der Waals surface area contributed by atoms with Gasteiger partial charge in [-0.05, 0) is 48.9 Å². The predicted molar refractivity (Wildman–Crippen MR) is 115 cm³/mol. The monoisotopic (exact) mass is 407 g/mol. The van der Waals surface area contributed by atoms with Gasteiger partial charge in [0, 0.05) is 63.3 Å². The lowest BCUT2D eigenvalue weighted by molar-refractivity contribution is -0.119. The molecule has 3 heterocycles. The molecule has 2 fully saturated rings. The number of aryl methyl sites for hydroxylation is 1. The number of aliphatic hydroxyl groups excluding tert-OH is 1. The Balaban J connectivity index is 1.21. The number of aromatic nitrogens is 2. The molecular weight excluding hydrogens is 378 g/mol. The predicted octanol–water partition coefficient (Wildman–Crippen LogP) is 2.02. The van der Waals surface area contributed by atoms with Crippen LogP contribution in [0.5, 0.6) is 0 Å². The molecule has 7 heteroatoms.